The molecule has 2 heterocycles. The number of nitrogens with zero attached hydrogens (tertiary/aromatic N) is 1. The highest BCUT2D eigenvalue weighted by Crippen LogP contribution is 1.99. The minimum Gasteiger partial charge on any atom is -0.311 e. The Hall–Kier alpha value is -2.17. The maximum absolute atomic E-state index is 11.0. The average molecular weight is 203 g/mol. The van der Waals surface area contributed by atoms with Gasteiger partial charge in [-0.15, -0.1) is 0 Å². The summed E-state index contributed by atoms with van der Waals surface area (Å²) < 4.78 is 0. The predicted molar refractivity (Wildman–Crippen MR) is 54.7 cm³/mol. The lowest BCUT2D eigenvalue weighted by molar-refractivity contribution is 0.933. The first kappa shape index (κ1) is 9.39. The lowest BCUT2D eigenvalue weighted by Gasteiger charge is -1.98. The van der Waals surface area contributed by atoms with Crippen molar-refractivity contribution in [3.63, 3.8) is 0 Å². The summed E-state index contributed by atoms with van der Waals surface area (Å²) in [4.78, 5) is 30.7. The Morgan fingerprint density at radius 2 is 2.07 bits per heavy atom. The molecule has 0 bridgehead atoms. The first-order chi connectivity index (χ1) is 7.24. The molecule has 15 heavy (non-hydrogen) atoms. The van der Waals surface area contributed by atoms with Gasteiger partial charge in [-0.1, -0.05) is 6.07 Å². The van der Waals surface area contributed by atoms with E-state index in [1.165, 1.54) is 6.07 Å². The van der Waals surface area contributed by atoms with Crippen LogP contribution in [0.2, 0.25) is 0 Å². The fourth-order valence-corrected chi connectivity index (χ4v) is 1.31. The van der Waals surface area contributed by atoms with Crippen LogP contribution in [0.4, 0.5) is 0 Å². The Balaban J connectivity index is 2.33. The zero-order chi connectivity index (χ0) is 10.7. The Morgan fingerprint density at radius 1 is 1.20 bits per heavy atom. The fourth-order valence-electron chi connectivity index (χ4n) is 1.31. The predicted octanol–water partition coefficient (Wildman–Crippen LogP) is 0.0490. The smallest absolute Gasteiger partial charge is 0.311 e. The summed E-state index contributed by atoms with van der Waals surface area (Å²) in [6, 6.07) is 6.85. The maximum atomic E-state index is 11.0. The second kappa shape index (κ2) is 3.91. The van der Waals surface area contributed by atoms with E-state index in [4.69, 9.17) is 0 Å². The van der Waals surface area contributed by atoms with Crippen LogP contribution in [-0.4, -0.2) is 15.0 Å². The van der Waals surface area contributed by atoms with E-state index < -0.39 is 11.2 Å². The van der Waals surface area contributed by atoms with Gasteiger partial charge in [0, 0.05) is 30.1 Å². The molecule has 5 heteroatoms. The number of hydrogen-bond donors (Lipinski definition) is 2. The van der Waals surface area contributed by atoms with Crippen molar-refractivity contribution in [1.82, 2.24) is 15.0 Å². The second-order valence-corrected chi connectivity index (χ2v) is 3.11. The molecule has 0 atom stereocenters. The highest BCUT2D eigenvalue weighted by atomic mass is 16.2. The van der Waals surface area contributed by atoms with Gasteiger partial charge in [0.05, 0.1) is 0 Å². The molecule has 0 fully saturated rings. The van der Waals surface area contributed by atoms with Gasteiger partial charge in [0.1, 0.15) is 0 Å². The maximum Gasteiger partial charge on any atom is 0.325 e. The number of hydrogen-bond acceptors (Lipinski definition) is 3. The van der Waals surface area contributed by atoms with Crippen molar-refractivity contribution in [2.45, 2.75) is 6.42 Å². The average Bonchev–Trinajstić information content (AvgIpc) is 2.17. The molecule has 0 aliphatic rings. The van der Waals surface area contributed by atoms with Crippen LogP contribution >= 0.6 is 0 Å². The van der Waals surface area contributed by atoms with Crippen LogP contribution in [0.1, 0.15) is 11.4 Å². The summed E-state index contributed by atoms with van der Waals surface area (Å²) in [5.41, 5.74) is 0.472. The summed E-state index contributed by atoms with van der Waals surface area (Å²) in [6.45, 7) is 0. The van der Waals surface area contributed by atoms with E-state index in [9.17, 15) is 9.59 Å². The normalized spacial score (nSPS) is 10.1. The van der Waals surface area contributed by atoms with Crippen molar-refractivity contribution >= 4 is 0 Å². The lowest BCUT2D eigenvalue weighted by Crippen LogP contribution is -2.23. The number of aromatic amines is 2. The lowest BCUT2D eigenvalue weighted by atomic mass is 10.2. The summed E-state index contributed by atoms with van der Waals surface area (Å²) in [6.07, 6.45) is 2.11. The van der Waals surface area contributed by atoms with Gasteiger partial charge in [-0.2, -0.15) is 0 Å². The fraction of sp³-hybridized carbons (Fsp3) is 0.100. The summed E-state index contributed by atoms with van der Waals surface area (Å²) in [5, 5.41) is 0. The van der Waals surface area contributed by atoms with Crippen LogP contribution in [0, 0.1) is 0 Å². The Morgan fingerprint density at radius 3 is 2.73 bits per heavy atom. The molecule has 0 unspecified atom stereocenters. The standard InChI is InChI=1S/C10H9N3O2/c14-9-6-8(12-10(15)13-9)5-7-3-1-2-4-11-7/h1-4,6H,5H2,(H2,12,13,14,15). The Bertz CT molecular complexity index is 528. The summed E-state index contributed by atoms with van der Waals surface area (Å²) in [7, 11) is 0. The van der Waals surface area contributed by atoms with Crippen molar-refractivity contribution in [2.24, 2.45) is 0 Å². The van der Waals surface area contributed by atoms with Gasteiger partial charge in [-0.05, 0) is 12.1 Å². The molecule has 76 valence electrons. The van der Waals surface area contributed by atoms with Gasteiger partial charge in [0.15, 0.2) is 0 Å². The molecule has 5 nitrogen and oxygen atoms in total. The van der Waals surface area contributed by atoms with E-state index in [0.717, 1.165) is 5.69 Å². The molecular weight excluding hydrogens is 194 g/mol. The number of rotatable bonds is 2. The van der Waals surface area contributed by atoms with Crippen molar-refractivity contribution in [1.29, 1.82) is 0 Å². The Kier molecular flexibility index (Phi) is 2.45. The number of nitrogens with one attached hydrogen (secondary N) is 2. The van der Waals surface area contributed by atoms with Crippen molar-refractivity contribution in [3.8, 4) is 0 Å². The molecule has 0 radical (unpaired) electrons. The van der Waals surface area contributed by atoms with Crippen LogP contribution in [0.3, 0.4) is 0 Å². The topological polar surface area (TPSA) is 78.6 Å². The van der Waals surface area contributed by atoms with Crippen LogP contribution in [-0.2, 0) is 6.42 Å². The Labute approximate surface area is 84.8 Å². The molecule has 0 spiro atoms. The minimum absolute atomic E-state index is 0.398. The van der Waals surface area contributed by atoms with E-state index in [1.807, 2.05) is 18.2 Å². The molecule has 0 saturated heterocycles. The van der Waals surface area contributed by atoms with E-state index in [-0.39, 0.29) is 0 Å². The van der Waals surface area contributed by atoms with Crippen molar-refractivity contribution in [2.75, 3.05) is 0 Å². The molecule has 2 N–H and O–H groups in total. The highest BCUT2D eigenvalue weighted by Gasteiger charge is 1.99. The molecule has 2 rings (SSSR count). The number of aromatic nitrogens is 3. The largest absolute Gasteiger partial charge is 0.325 e. The first-order valence-electron chi connectivity index (χ1n) is 4.46. The second-order valence-electron chi connectivity index (χ2n) is 3.11. The molecule has 0 aliphatic carbocycles. The number of pyridine rings is 1. The van der Waals surface area contributed by atoms with Crippen molar-refractivity contribution in [3.05, 3.63) is 62.7 Å². The van der Waals surface area contributed by atoms with Crippen LogP contribution in [0.15, 0.2) is 40.1 Å². The first-order valence-corrected chi connectivity index (χ1v) is 4.46. The van der Waals surface area contributed by atoms with E-state index in [2.05, 4.69) is 15.0 Å². The SMILES string of the molecule is O=c1cc(Cc2ccccn2)[nH]c(=O)[nH]1. The van der Waals surface area contributed by atoms with Gasteiger partial charge in [-0.3, -0.25) is 14.8 Å². The van der Waals surface area contributed by atoms with Crippen LogP contribution in [0.5, 0.6) is 0 Å². The van der Waals surface area contributed by atoms with Crippen molar-refractivity contribution < 1.29 is 0 Å². The molecule has 0 amide bonds. The summed E-state index contributed by atoms with van der Waals surface area (Å²) >= 11 is 0. The molecule has 2 aromatic rings. The zero-order valence-corrected chi connectivity index (χ0v) is 7.86. The monoisotopic (exact) mass is 203 g/mol. The van der Waals surface area contributed by atoms with E-state index >= 15 is 0 Å². The van der Waals surface area contributed by atoms with E-state index in [1.54, 1.807) is 6.20 Å². The summed E-state index contributed by atoms with van der Waals surface area (Å²) in [5.74, 6) is 0. The zero-order valence-electron chi connectivity index (χ0n) is 7.86. The van der Waals surface area contributed by atoms with Gasteiger partial charge in [0.2, 0.25) is 0 Å². The van der Waals surface area contributed by atoms with Crippen LogP contribution < -0.4 is 11.2 Å². The highest BCUT2D eigenvalue weighted by molar-refractivity contribution is 5.12. The third-order valence-corrected chi connectivity index (χ3v) is 1.91. The minimum atomic E-state index is -0.492. The molecule has 2 aromatic heterocycles. The number of H-pyrrole nitrogens is 2. The van der Waals surface area contributed by atoms with E-state index in [0.29, 0.717) is 12.1 Å². The van der Waals surface area contributed by atoms with Crippen LogP contribution in [0.25, 0.3) is 0 Å². The van der Waals surface area contributed by atoms with Gasteiger partial charge >= 0.3 is 5.69 Å². The van der Waals surface area contributed by atoms with Gasteiger partial charge < -0.3 is 4.98 Å². The molecule has 0 saturated carbocycles. The quantitative estimate of drug-likeness (QED) is 0.723. The third-order valence-electron chi connectivity index (χ3n) is 1.91. The third kappa shape index (κ3) is 2.40. The molecular formula is C10H9N3O2. The van der Waals surface area contributed by atoms with Gasteiger partial charge in [0.25, 0.3) is 5.56 Å². The molecule has 0 aromatic carbocycles. The van der Waals surface area contributed by atoms with Gasteiger partial charge in [-0.25, -0.2) is 4.79 Å². The molecule has 0 aliphatic heterocycles.